The lowest BCUT2D eigenvalue weighted by Crippen LogP contribution is -2.53. The first kappa shape index (κ1) is 15.0. The van der Waals surface area contributed by atoms with Gasteiger partial charge < -0.3 is 15.3 Å². The lowest BCUT2D eigenvalue weighted by Gasteiger charge is -2.35. The molecule has 18 heavy (non-hydrogen) atoms. The zero-order valence-electron chi connectivity index (χ0n) is 11.5. The highest BCUT2D eigenvalue weighted by Crippen LogP contribution is 2.18. The molecule has 1 fully saturated rings. The third kappa shape index (κ3) is 3.98. The number of aliphatic hydroxyl groups is 1. The van der Waals surface area contributed by atoms with E-state index in [1.54, 1.807) is 4.90 Å². The zero-order chi connectivity index (χ0) is 13.7. The summed E-state index contributed by atoms with van der Waals surface area (Å²) in [5.41, 5.74) is 0. The predicted molar refractivity (Wildman–Crippen MR) is 68.8 cm³/mol. The lowest BCUT2D eigenvalue weighted by molar-refractivity contribution is -0.139. The van der Waals surface area contributed by atoms with Crippen LogP contribution in [0.1, 0.15) is 33.6 Å². The number of rotatable bonds is 4. The van der Waals surface area contributed by atoms with Crippen molar-refractivity contribution in [3.05, 3.63) is 0 Å². The number of nitrogens with zero attached hydrogens (tertiary/aromatic N) is 1. The molecule has 0 aromatic carbocycles. The second-order valence-electron chi connectivity index (χ2n) is 5.40. The van der Waals surface area contributed by atoms with Crippen molar-refractivity contribution < 1.29 is 14.7 Å². The Balaban J connectivity index is 2.67. The minimum atomic E-state index is -0.458. The maximum absolute atomic E-state index is 12.4. The van der Waals surface area contributed by atoms with Crippen molar-refractivity contribution in [3.8, 4) is 0 Å². The molecule has 1 rings (SSSR count). The third-order valence-corrected chi connectivity index (χ3v) is 3.38. The molecular weight excluding hydrogens is 232 g/mol. The zero-order valence-corrected chi connectivity index (χ0v) is 11.5. The van der Waals surface area contributed by atoms with Gasteiger partial charge in [-0.15, -0.1) is 0 Å². The average molecular weight is 256 g/mol. The fraction of sp³-hybridized carbons (Fsp3) is 0.846. The van der Waals surface area contributed by atoms with Gasteiger partial charge in [0.05, 0.1) is 0 Å². The monoisotopic (exact) mass is 256 g/mol. The van der Waals surface area contributed by atoms with E-state index >= 15 is 0 Å². The Morgan fingerprint density at radius 2 is 2.11 bits per heavy atom. The molecular formula is C13H24N2O3. The van der Waals surface area contributed by atoms with Crippen LogP contribution in [0.15, 0.2) is 0 Å². The third-order valence-electron chi connectivity index (χ3n) is 3.38. The van der Waals surface area contributed by atoms with Gasteiger partial charge in [-0.25, -0.2) is 0 Å². The van der Waals surface area contributed by atoms with Gasteiger partial charge in [0, 0.05) is 26.6 Å². The summed E-state index contributed by atoms with van der Waals surface area (Å²) >= 11 is 0. The molecule has 0 aromatic rings. The molecule has 2 unspecified atom stereocenters. The van der Waals surface area contributed by atoms with Crippen molar-refractivity contribution in [2.24, 2.45) is 11.8 Å². The molecule has 0 aromatic heterocycles. The molecule has 2 N–H and O–H groups in total. The summed E-state index contributed by atoms with van der Waals surface area (Å²) in [6, 6.07) is -0.458. The van der Waals surface area contributed by atoms with Crippen LogP contribution in [-0.4, -0.2) is 47.6 Å². The quantitative estimate of drug-likeness (QED) is 0.764. The van der Waals surface area contributed by atoms with E-state index in [0.29, 0.717) is 6.54 Å². The molecule has 0 spiro atoms. The molecule has 0 saturated carbocycles. The van der Waals surface area contributed by atoms with Crippen LogP contribution in [0.4, 0.5) is 0 Å². The fourth-order valence-corrected chi connectivity index (χ4v) is 2.34. The van der Waals surface area contributed by atoms with Crippen LogP contribution < -0.4 is 5.32 Å². The van der Waals surface area contributed by atoms with E-state index in [9.17, 15) is 14.7 Å². The highest BCUT2D eigenvalue weighted by atomic mass is 16.3. The van der Waals surface area contributed by atoms with E-state index in [1.807, 2.05) is 13.8 Å². The second-order valence-corrected chi connectivity index (χ2v) is 5.40. The summed E-state index contributed by atoms with van der Waals surface area (Å²) in [5, 5.41) is 11.9. The fourth-order valence-electron chi connectivity index (χ4n) is 2.34. The maximum Gasteiger partial charge on any atom is 0.245 e. The summed E-state index contributed by atoms with van der Waals surface area (Å²) in [6.45, 7) is 6.71. The van der Waals surface area contributed by atoms with Crippen LogP contribution in [-0.2, 0) is 9.59 Å². The minimum absolute atomic E-state index is 0.0293. The molecule has 1 aliphatic rings. The van der Waals surface area contributed by atoms with Gasteiger partial charge in [-0.1, -0.05) is 13.8 Å². The van der Waals surface area contributed by atoms with Crippen molar-refractivity contribution in [1.29, 1.82) is 0 Å². The first-order valence-corrected chi connectivity index (χ1v) is 6.62. The molecule has 2 amide bonds. The van der Waals surface area contributed by atoms with Crippen molar-refractivity contribution in [2.75, 3.05) is 19.7 Å². The van der Waals surface area contributed by atoms with Gasteiger partial charge in [0.25, 0.3) is 0 Å². The van der Waals surface area contributed by atoms with E-state index in [2.05, 4.69) is 5.32 Å². The minimum Gasteiger partial charge on any atom is -0.396 e. The SMILES string of the molecule is CC(=O)NC(C(=O)N1CCCC(CO)C1)C(C)C. The van der Waals surface area contributed by atoms with E-state index < -0.39 is 6.04 Å². The summed E-state index contributed by atoms with van der Waals surface area (Å²) < 4.78 is 0. The van der Waals surface area contributed by atoms with Crippen LogP contribution in [0.3, 0.4) is 0 Å². The molecule has 0 aliphatic carbocycles. The van der Waals surface area contributed by atoms with Crippen molar-refractivity contribution in [1.82, 2.24) is 10.2 Å². The highest BCUT2D eigenvalue weighted by molar-refractivity contribution is 5.87. The van der Waals surface area contributed by atoms with Crippen LogP contribution in [0.25, 0.3) is 0 Å². The van der Waals surface area contributed by atoms with Crippen LogP contribution in [0, 0.1) is 11.8 Å². The lowest BCUT2D eigenvalue weighted by atomic mass is 9.96. The molecule has 5 nitrogen and oxygen atoms in total. The smallest absolute Gasteiger partial charge is 0.245 e. The van der Waals surface area contributed by atoms with Gasteiger partial charge in [0.15, 0.2) is 0 Å². The Morgan fingerprint density at radius 1 is 1.44 bits per heavy atom. The topological polar surface area (TPSA) is 69.6 Å². The molecule has 5 heteroatoms. The molecule has 1 heterocycles. The normalized spacial score (nSPS) is 21.8. The Labute approximate surface area is 109 Å². The first-order chi connectivity index (χ1) is 8.45. The standard InChI is InChI=1S/C13H24N2O3/c1-9(2)12(14-10(3)17)13(18)15-6-4-5-11(7-15)8-16/h9,11-12,16H,4-8H2,1-3H3,(H,14,17). The average Bonchev–Trinajstić information content (AvgIpc) is 2.34. The van der Waals surface area contributed by atoms with E-state index in [1.165, 1.54) is 6.92 Å². The highest BCUT2D eigenvalue weighted by Gasteiger charge is 2.30. The van der Waals surface area contributed by atoms with Crippen molar-refractivity contribution in [2.45, 2.75) is 39.7 Å². The van der Waals surface area contributed by atoms with Crippen molar-refractivity contribution in [3.63, 3.8) is 0 Å². The van der Waals surface area contributed by atoms with Crippen molar-refractivity contribution >= 4 is 11.8 Å². The van der Waals surface area contributed by atoms with E-state index in [4.69, 9.17) is 0 Å². The maximum atomic E-state index is 12.4. The number of carbonyl (C=O) groups excluding carboxylic acids is 2. The van der Waals surface area contributed by atoms with Gasteiger partial charge in [-0.05, 0) is 24.7 Å². The summed E-state index contributed by atoms with van der Waals surface area (Å²) in [4.78, 5) is 25.3. The predicted octanol–water partition coefficient (Wildman–Crippen LogP) is 0.378. The largest absolute Gasteiger partial charge is 0.396 e. The number of hydrogen-bond donors (Lipinski definition) is 2. The Hall–Kier alpha value is -1.10. The number of nitrogens with one attached hydrogen (secondary N) is 1. The summed E-state index contributed by atoms with van der Waals surface area (Å²) in [6.07, 6.45) is 1.88. The van der Waals surface area contributed by atoms with Gasteiger partial charge in [-0.2, -0.15) is 0 Å². The number of carbonyl (C=O) groups is 2. The number of likely N-dealkylation sites (tertiary alicyclic amines) is 1. The summed E-state index contributed by atoms with van der Waals surface area (Å²) in [5.74, 6) is 0.0276. The van der Waals surface area contributed by atoms with Crippen LogP contribution >= 0.6 is 0 Å². The molecule has 1 saturated heterocycles. The van der Waals surface area contributed by atoms with Gasteiger partial charge in [0.1, 0.15) is 6.04 Å². The molecule has 0 bridgehead atoms. The molecule has 104 valence electrons. The number of aliphatic hydroxyl groups excluding tert-OH is 1. The van der Waals surface area contributed by atoms with E-state index in [0.717, 1.165) is 19.4 Å². The molecule has 1 aliphatic heterocycles. The molecule has 0 radical (unpaired) electrons. The number of hydrogen-bond acceptors (Lipinski definition) is 3. The Kier molecular flexibility index (Phi) is 5.59. The summed E-state index contributed by atoms with van der Waals surface area (Å²) in [7, 11) is 0. The first-order valence-electron chi connectivity index (χ1n) is 6.62. The van der Waals surface area contributed by atoms with Gasteiger partial charge in [-0.3, -0.25) is 9.59 Å². The van der Waals surface area contributed by atoms with Crippen LogP contribution in [0.5, 0.6) is 0 Å². The number of amides is 2. The van der Waals surface area contributed by atoms with Crippen LogP contribution in [0.2, 0.25) is 0 Å². The Morgan fingerprint density at radius 3 is 2.61 bits per heavy atom. The van der Waals surface area contributed by atoms with Gasteiger partial charge >= 0.3 is 0 Å². The van der Waals surface area contributed by atoms with E-state index in [-0.39, 0.29) is 30.3 Å². The van der Waals surface area contributed by atoms with Gasteiger partial charge in [0.2, 0.25) is 11.8 Å². The number of piperidine rings is 1. The Bertz CT molecular complexity index is 305. The molecule has 2 atom stereocenters. The second kappa shape index (κ2) is 6.73.